The van der Waals surface area contributed by atoms with Gasteiger partial charge in [-0.1, -0.05) is 12.1 Å². The Labute approximate surface area is 127 Å². The van der Waals surface area contributed by atoms with E-state index < -0.39 is 10.0 Å². The van der Waals surface area contributed by atoms with E-state index >= 15 is 0 Å². The van der Waals surface area contributed by atoms with Crippen molar-refractivity contribution in [2.75, 3.05) is 6.54 Å². The van der Waals surface area contributed by atoms with Crippen LogP contribution in [0.4, 0.5) is 0 Å². The van der Waals surface area contributed by atoms with Crippen LogP contribution in [0.2, 0.25) is 0 Å². The lowest BCUT2D eigenvalue weighted by Gasteiger charge is -2.26. The quantitative estimate of drug-likeness (QED) is 0.812. The highest BCUT2D eigenvalue weighted by Gasteiger charge is 2.28. The molecule has 0 aliphatic carbocycles. The molecule has 0 saturated carbocycles. The summed E-state index contributed by atoms with van der Waals surface area (Å²) in [5.41, 5.74) is 1.94. The monoisotopic (exact) mass is 327 g/mol. The van der Waals surface area contributed by atoms with Gasteiger partial charge in [0.15, 0.2) is 0 Å². The fourth-order valence-corrected chi connectivity index (χ4v) is 4.91. The highest BCUT2D eigenvalue weighted by Crippen LogP contribution is 2.28. The van der Waals surface area contributed by atoms with Crippen molar-refractivity contribution < 1.29 is 8.42 Å². The molecule has 0 amide bonds. The molecule has 1 aliphatic heterocycles. The van der Waals surface area contributed by atoms with Crippen LogP contribution in [0.5, 0.6) is 0 Å². The predicted octanol–water partition coefficient (Wildman–Crippen LogP) is 3.23. The van der Waals surface area contributed by atoms with E-state index in [2.05, 4.69) is 0 Å². The van der Waals surface area contributed by atoms with Crippen LogP contribution in [0.3, 0.4) is 0 Å². The smallest absolute Gasteiger partial charge is 0.207 e. The summed E-state index contributed by atoms with van der Waals surface area (Å²) in [5.74, 6) is 0.317. The standard InChI is InChI=1S/C14H14ClNO2S2/c15-9-11-2-1-3-13(8-11)20(17,18)16-6-4-14-12(10-16)5-7-19-14/h1-3,5,7-8H,4,6,9-10H2. The van der Waals surface area contributed by atoms with Crippen LogP contribution in [-0.2, 0) is 28.9 Å². The van der Waals surface area contributed by atoms with E-state index in [4.69, 9.17) is 11.6 Å². The van der Waals surface area contributed by atoms with Gasteiger partial charge in [-0.3, -0.25) is 0 Å². The SMILES string of the molecule is O=S(=O)(c1cccc(CCl)c1)N1CCc2sccc2C1. The largest absolute Gasteiger partial charge is 0.243 e. The van der Waals surface area contributed by atoms with Crippen LogP contribution in [-0.4, -0.2) is 19.3 Å². The minimum Gasteiger partial charge on any atom is -0.207 e. The molecule has 0 saturated heterocycles. The first-order valence-corrected chi connectivity index (χ1v) is 9.17. The van der Waals surface area contributed by atoms with Crippen LogP contribution < -0.4 is 0 Å². The maximum Gasteiger partial charge on any atom is 0.243 e. The topological polar surface area (TPSA) is 37.4 Å². The van der Waals surface area contributed by atoms with Crippen molar-refractivity contribution in [1.29, 1.82) is 0 Å². The van der Waals surface area contributed by atoms with Crippen molar-refractivity contribution >= 4 is 33.0 Å². The fourth-order valence-electron chi connectivity index (χ4n) is 2.37. The van der Waals surface area contributed by atoms with Crippen molar-refractivity contribution in [3.8, 4) is 0 Å². The third-order valence-electron chi connectivity index (χ3n) is 3.46. The van der Waals surface area contributed by atoms with E-state index in [-0.39, 0.29) is 0 Å². The third kappa shape index (κ3) is 2.51. The number of hydrogen-bond acceptors (Lipinski definition) is 3. The minimum absolute atomic E-state index is 0.317. The van der Waals surface area contributed by atoms with Crippen molar-refractivity contribution in [1.82, 2.24) is 4.31 Å². The van der Waals surface area contributed by atoms with Crippen molar-refractivity contribution in [3.63, 3.8) is 0 Å². The normalized spacial score (nSPS) is 16.1. The van der Waals surface area contributed by atoms with Gasteiger partial charge in [0.05, 0.1) is 4.90 Å². The van der Waals surface area contributed by atoms with Crippen LogP contribution in [0, 0.1) is 0 Å². The highest BCUT2D eigenvalue weighted by atomic mass is 35.5. The van der Waals surface area contributed by atoms with Crippen LogP contribution in [0.15, 0.2) is 40.6 Å². The molecule has 0 spiro atoms. The Kier molecular flexibility index (Phi) is 3.86. The lowest BCUT2D eigenvalue weighted by atomic mass is 10.1. The Morgan fingerprint density at radius 3 is 2.95 bits per heavy atom. The number of benzene rings is 1. The van der Waals surface area contributed by atoms with E-state index in [0.29, 0.717) is 23.9 Å². The van der Waals surface area contributed by atoms with E-state index in [9.17, 15) is 8.42 Å². The summed E-state index contributed by atoms with van der Waals surface area (Å²) >= 11 is 7.48. The van der Waals surface area contributed by atoms with Gasteiger partial charge in [0.25, 0.3) is 0 Å². The first-order valence-electron chi connectivity index (χ1n) is 6.31. The summed E-state index contributed by atoms with van der Waals surface area (Å²) in [5, 5.41) is 2.02. The molecule has 3 rings (SSSR count). The van der Waals surface area contributed by atoms with E-state index in [1.165, 1.54) is 4.88 Å². The molecule has 0 N–H and O–H groups in total. The summed E-state index contributed by atoms with van der Waals surface area (Å²) in [6, 6.07) is 8.88. The lowest BCUT2D eigenvalue weighted by Crippen LogP contribution is -2.35. The maximum atomic E-state index is 12.7. The molecular formula is C14H14ClNO2S2. The van der Waals surface area contributed by atoms with Gasteiger partial charge in [0.1, 0.15) is 0 Å². The molecule has 0 bridgehead atoms. The summed E-state index contributed by atoms with van der Waals surface area (Å²) in [4.78, 5) is 1.63. The summed E-state index contributed by atoms with van der Waals surface area (Å²) in [7, 11) is -3.44. The number of hydrogen-bond donors (Lipinski definition) is 0. The molecule has 2 heterocycles. The molecule has 0 fully saturated rings. The number of rotatable bonds is 3. The second kappa shape index (κ2) is 5.48. The zero-order chi connectivity index (χ0) is 14.2. The molecule has 0 unspecified atom stereocenters. The van der Waals surface area contributed by atoms with Crippen molar-refractivity contribution in [2.45, 2.75) is 23.7 Å². The van der Waals surface area contributed by atoms with Gasteiger partial charge in [-0.25, -0.2) is 8.42 Å². The number of fused-ring (bicyclic) bond motifs is 1. The number of thiophene rings is 1. The van der Waals surface area contributed by atoms with E-state index in [1.807, 2.05) is 17.5 Å². The highest BCUT2D eigenvalue weighted by molar-refractivity contribution is 7.89. The Morgan fingerprint density at radius 2 is 2.15 bits per heavy atom. The zero-order valence-corrected chi connectivity index (χ0v) is 13.1. The number of alkyl halides is 1. The molecule has 20 heavy (non-hydrogen) atoms. The summed E-state index contributed by atoms with van der Waals surface area (Å²) in [6.07, 6.45) is 0.793. The first kappa shape index (κ1) is 14.1. The minimum atomic E-state index is -3.44. The molecule has 1 aromatic carbocycles. The molecule has 1 aliphatic rings. The van der Waals surface area contributed by atoms with Gasteiger partial charge in [0.2, 0.25) is 10.0 Å². The van der Waals surface area contributed by atoms with Crippen molar-refractivity contribution in [2.24, 2.45) is 0 Å². The second-order valence-corrected chi connectivity index (χ2v) is 7.94. The Hall–Kier alpha value is -0.880. The fraction of sp³-hybridized carbons (Fsp3) is 0.286. The number of nitrogens with zero attached hydrogens (tertiary/aromatic N) is 1. The van der Waals surface area contributed by atoms with Gasteiger partial charge in [0, 0.05) is 23.8 Å². The van der Waals surface area contributed by atoms with Gasteiger partial charge in [-0.05, 0) is 41.1 Å². The Balaban J connectivity index is 1.93. The molecule has 2 aromatic rings. The van der Waals surface area contributed by atoms with Gasteiger partial charge >= 0.3 is 0 Å². The van der Waals surface area contributed by atoms with Gasteiger partial charge in [-0.15, -0.1) is 22.9 Å². The average molecular weight is 328 g/mol. The molecule has 3 nitrogen and oxygen atoms in total. The van der Waals surface area contributed by atoms with Crippen molar-refractivity contribution in [3.05, 3.63) is 51.7 Å². The third-order valence-corrected chi connectivity index (χ3v) is 6.64. The molecule has 6 heteroatoms. The van der Waals surface area contributed by atoms with E-state index in [0.717, 1.165) is 17.5 Å². The predicted molar refractivity (Wildman–Crippen MR) is 81.6 cm³/mol. The van der Waals surface area contributed by atoms with Crippen LogP contribution in [0.1, 0.15) is 16.0 Å². The van der Waals surface area contributed by atoms with Crippen LogP contribution in [0.25, 0.3) is 0 Å². The summed E-state index contributed by atoms with van der Waals surface area (Å²) in [6.45, 7) is 1.01. The summed E-state index contributed by atoms with van der Waals surface area (Å²) < 4.78 is 26.9. The second-order valence-electron chi connectivity index (χ2n) is 4.74. The number of halogens is 1. The molecular weight excluding hydrogens is 314 g/mol. The molecule has 106 valence electrons. The zero-order valence-electron chi connectivity index (χ0n) is 10.8. The van der Waals surface area contributed by atoms with Gasteiger partial charge in [-0.2, -0.15) is 4.31 Å². The van der Waals surface area contributed by atoms with Crippen LogP contribution >= 0.6 is 22.9 Å². The number of sulfonamides is 1. The molecule has 0 atom stereocenters. The Bertz CT molecular complexity index is 724. The molecule has 0 radical (unpaired) electrons. The van der Waals surface area contributed by atoms with Gasteiger partial charge < -0.3 is 0 Å². The average Bonchev–Trinajstić information content (AvgIpc) is 2.94. The van der Waals surface area contributed by atoms with E-state index in [1.54, 1.807) is 33.8 Å². The molecule has 1 aromatic heterocycles. The maximum absolute atomic E-state index is 12.7. The Morgan fingerprint density at radius 1 is 1.30 bits per heavy atom. The first-order chi connectivity index (χ1) is 9.61. The lowest BCUT2D eigenvalue weighted by molar-refractivity contribution is 0.394.